The van der Waals surface area contributed by atoms with Crippen molar-refractivity contribution in [3.05, 3.63) is 22.4 Å². The van der Waals surface area contributed by atoms with Gasteiger partial charge in [-0.1, -0.05) is 6.07 Å². The summed E-state index contributed by atoms with van der Waals surface area (Å²) in [4.78, 5) is 1.03. The van der Waals surface area contributed by atoms with Gasteiger partial charge in [0.05, 0.1) is 6.61 Å². The molecular weight excluding hydrogens is 234 g/mol. The Bertz CT molecular complexity index is 393. The lowest BCUT2D eigenvalue weighted by molar-refractivity contribution is 0.198. The maximum Gasteiger partial charge on any atom is 0.217 e. The van der Waals surface area contributed by atoms with Crippen molar-refractivity contribution in [1.29, 1.82) is 0 Å². The van der Waals surface area contributed by atoms with Crippen molar-refractivity contribution < 1.29 is 13.2 Å². The molecule has 0 spiro atoms. The van der Waals surface area contributed by atoms with Crippen molar-refractivity contribution in [3.63, 3.8) is 0 Å². The van der Waals surface area contributed by atoms with Gasteiger partial charge in [0.15, 0.2) is 0 Å². The van der Waals surface area contributed by atoms with Gasteiger partial charge in [-0.25, -0.2) is 13.1 Å². The molecule has 2 heterocycles. The van der Waals surface area contributed by atoms with Crippen LogP contribution in [-0.2, 0) is 21.3 Å². The average Bonchev–Trinajstić information content (AvgIpc) is 2.88. The Hall–Kier alpha value is -0.430. The molecule has 0 amide bonds. The highest BCUT2D eigenvalue weighted by atomic mass is 32.2. The molecule has 6 heteroatoms. The zero-order valence-electron chi connectivity index (χ0n) is 8.18. The zero-order valence-corrected chi connectivity index (χ0v) is 9.81. The van der Waals surface area contributed by atoms with E-state index in [2.05, 4.69) is 4.72 Å². The molecule has 0 bridgehead atoms. The topological polar surface area (TPSA) is 55.4 Å². The normalized spacial score (nSPS) is 22.0. The van der Waals surface area contributed by atoms with Gasteiger partial charge in [-0.3, -0.25) is 0 Å². The SMILES string of the molecule is O=S(=O)(NCc1cccs1)[C@H]1CCOC1. The molecule has 2 rings (SSSR count). The van der Waals surface area contributed by atoms with Crippen LogP contribution in [0.1, 0.15) is 11.3 Å². The first-order valence-corrected chi connectivity index (χ1v) is 7.20. The van der Waals surface area contributed by atoms with E-state index in [0.717, 1.165) is 4.88 Å². The highest BCUT2D eigenvalue weighted by Crippen LogP contribution is 2.14. The highest BCUT2D eigenvalue weighted by molar-refractivity contribution is 7.90. The maximum atomic E-state index is 11.7. The Morgan fingerprint density at radius 3 is 3.07 bits per heavy atom. The molecule has 1 aromatic rings. The van der Waals surface area contributed by atoms with E-state index in [4.69, 9.17) is 4.74 Å². The second-order valence-corrected chi connectivity index (χ2v) is 6.51. The van der Waals surface area contributed by atoms with E-state index in [0.29, 0.717) is 26.2 Å². The molecule has 0 aromatic carbocycles. The van der Waals surface area contributed by atoms with Crippen LogP contribution in [0.25, 0.3) is 0 Å². The number of hydrogen-bond acceptors (Lipinski definition) is 4. The van der Waals surface area contributed by atoms with Gasteiger partial charge in [-0.2, -0.15) is 0 Å². The Morgan fingerprint density at radius 1 is 1.60 bits per heavy atom. The maximum absolute atomic E-state index is 11.7. The average molecular weight is 247 g/mol. The predicted octanol–water partition coefficient (Wildman–Crippen LogP) is 0.956. The van der Waals surface area contributed by atoms with Crippen LogP contribution in [0.5, 0.6) is 0 Å². The minimum atomic E-state index is -3.20. The zero-order chi connectivity index (χ0) is 10.7. The van der Waals surface area contributed by atoms with Gasteiger partial charge in [0.2, 0.25) is 10.0 Å². The molecule has 15 heavy (non-hydrogen) atoms. The molecule has 4 nitrogen and oxygen atoms in total. The minimum Gasteiger partial charge on any atom is -0.380 e. The van der Waals surface area contributed by atoms with Crippen LogP contribution in [0.4, 0.5) is 0 Å². The summed E-state index contributed by atoms with van der Waals surface area (Å²) in [6.45, 7) is 1.25. The summed E-state index contributed by atoms with van der Waals surface area (Å²) in [6, 6.07) is 3.82. The smallest absolute Gasteiger partial charge is 0.217 e. The number of nitrogens with one attached hydrogen (secondary N) is 1. The summed E-state index contributed by atoms with van der Waals surface area (Å²) in [7, 11) is -3.20. The first-order chi connectivity index (χ1) is 7.18. The first-order valence-electron chi connectivity index (χ1n) is 4.77. The van der Waals surface area contributed by atoms with Crippen molar-refractivity contribution in [2.24, 2.45) is 0 Å². The number of rotatable bonds is 4. The van der Waals surface area contributed by atoms with E-state index in [-0.39, 0.29) is 5.25 Å². The van der Waals surface area contributed by atoms with Crippen molar-refractivity contribution >= 4 is 21.4 Å². The molecule has 0 saturated carbocycles. The summed E-state index contributed by atoms with van der Waals surface area (Å²) < 4.78 is 31.2. The highest BCUT2D eigenvalue weighted by Gasteiger charge is 2.29. The largest absolute Gasteiger partial charge is 0.380 e. The molecule has 1 aliphatic heterocycles. The van der Waals surface area contributed by atoms with Gasteiger partial charge in [0.25, 0.3) is 0 Å². The number of hydrogen-bond donors (Lipinski definition) is 1. The van der Waals surface area contributed by atoms with E-state index in [1.54, 1.807) is 11.3 Å². The number of thiophene rings is 1. The summed E-state index contributed by atoms with van der Waals surface area (Å²) in [5.74, 6) is 0. The lowest BCUT2D eigenvalue weighted by atomic mass is 10.4. The predicted molar refractivity (Wildman–Crippen MR) is 59.3 cm³/mol. The molecule has 1 atom stereocenters. The van der Waals surface area contributed by atoms with E-state index >= 15 is 0 Å². The fourth-order valence-electron chi connectivity index (χ4n) is 1.46. The summed E-state index contributed by atoms with van der Waals surface area (Å²) in [6.07, 6.45) is 0.597. The third-order valence-electron chi connectivity index (χ3n) is 2.35. The van der Waals surface area contributed by atoms with E-state index < -0.39 is 10.0 Å². The van der Waals surface area contributed by atoms with E-state index in [1.165, 1.54) is 0 Å². The van der Waals surface area contributed by atoms with Crippen LogP contribution in [0.15, 0.2) is 17.5 Å². The van der Waals surface area contributed by atoms with Gasteiger partial charge >= 0.3 is 0 Å². The van der Waals surface area contributed by atoms with Gasteiger partial charge in [-0.05, 0) is 17.9 Å². The van der Waals surface area contributed by atoms with Crippen LogP contribution in [0, 0.1) is 0 Å². The molecular formula is C9H13NO3S2. The molecule has 0 aliphatic carbocycles. The Balaban J connectivity index is 1.93. The van der Waals surface area contributed by atoms with E-state index in [9.17, 15) is 8.42 Å². The van der Waals surface area contributed by atoms with Crippen molar-refractivity contribution in [3.8, 4) is 0 Å². The van der Waals surface area contributed by atoms with E-state index in [1.807, 2.05) is 17.5 Å². The number of ether oxygens (including phenoxy) is 1. The standard InChI is InChI=1S/C9H13NO3S2/c11-15(12,9-3-4-13-7-9)10-6-8-2-1-5-14-8/h1-2,5,9-10H,3-4,6-7H2/t9-/m0/s1. The molecule has 0 radical (unpaired) electrons. The van der Waals surface area contributed by atoms with Crippen LogP contribution >= 0.6 is 11.3 Å². The summed E-state index contributed by atoms with van der Waals surface area (Å²) >= 11 is 1.55. The van der Waals surface area contributed by atoms with Gasteiger partial charge in [0.1, 0.15) is 5.25 Å². The molecule has 1 fully saturated rings. The first kappa shape index (κ1) is 11.1. The monoisotopic (exact) mass is 247 g/mol. The third-order valence-corrected chi connectivity index (χ3v) is 5.03. The van der Waals surface area contributed by atoms with Crippen LogP contribution in [0.3, 0.4) is 0 Å². The fourth-order valence-corrected chi connectivity index (χ4v) is 3.47. The van der Waals surface area contributed by atoms with Gasteiger partial charge in [-0.15, -0.1) is 11.3 Å². The fraction of sp³-hybridized carbons (Fsp3) is 0.556. The second kappa shape index (κ2) is 4.61. The lowest BCUT2D eigenvalue weighted by Crippen LogP contribution is -2.34. The molecule has 1 aromatic heterocycles. The van der Waals surface area contributed by atoms with Gasteiger partial charge in [0, 0.05) is 18.0 Å². The second-order valence-electron chi connectivity index (χ2n) is 3.43. The molecule has 0 unspecified atom stereocenters. The van der Waals surface area contributed by atoms with Crippen LogP contribution in [0.2, 0.25) is 0 Å². The Kier molecular flexibility index (Phi) is 3.40. The Labute approximate surface area is 93.3 Å². The summed E-state index contributed by atoms with van der Waals surface area (Å²) in [5.41, 5.74) is 0. The molecule has 84 valence electrons. The number of sulfonamides is 1. The van der Waals surface area contributed by atoms with Crippen LogP contribution in [-0.4, -0.2) is 26.9 Å². The Morgan fingerprint density at radius 2 is 2.47 bits per heavy atom. The quantitative estimate of drug-likeness (QED) is 0.862. The van der Waals surface area contributed by atoms with Gasteiger partial charge < -0.3 is 4.74 Å². The van der Waals surface area contributed by atoms with Crippen molar-refractivity contribution in [2.75, 3.05) is 13.2 Å². The molecule has 1 N–H and O–H groups in total. The summed E-state index contributed by atoms with van der Waals surface area (Å²) in [5, 5.41) is 1.56. The van der Waals surface area contributed by atoms with Crippen molar-refractivity contribution in [1.82, 2.24) is 4.72 Å². The lowest BCUT2D eigenvalue weighted by Gasteiger charge is -2.10. The van der Waals surface area contributed by atoms with Crippen LogP contribution < -0.4 is 4.72 Å². The minimum absolute atomic E-state index is 0.319. The van der Waals surface area contributed by atoms with Crippen molar-refractivity contribution in [2.45, 2.75) is 18.2 Å². The molecule has 1 aliphatic rings. The third kappa shape index (κ3) is 2.78. The molecule has 1 saturated heterocycles.